The number of nitrogens with zero attached hydrogens (tertiary/aromatic N) is 3. The van der Waals surface area contributed by atoms with Crippen LogP contribution < -0.4 is 15.6 Å². The smallest absolute Gasteiger partial charge is 0.284 e. The maximum atomic E-state index is 13.3. The lowest BCUT2D eigenvalue weighted by molar-refractivity contribution is 0.0933. The van der Waals surface area contributed by atoms with Crippen molar-refractivity contribution in [2.75, 3.05) is 7.11 Å². The van der Waals surface area contributed by atoms with Crippen molar-refractivity contribution in [1.29, 1.82) is 0 Å². The van der Waals surface area contributed by atoms with E-state index in [-0.39, 0.29) is 18.1 Å². The molecule has 7 nitrogen and oxygen atoms in total. The molecule has 32 heavy (non-hydrogen) atoms. The Hall–Kier alpha value is -4.07. The van der Waals surface area contributed by atoms with E-state index in [0.29, 0.717) is 22.5 Å². The van der Waals surface area contributed by atoms with Crippen molar-refractivity contribution in [2.45, 2.75) is 19.5 Å². The Morgan fingerprint density at radius 1 is 1.12 bits per heavy atom. The monoisotopic (exact) mass is 432 g/mol. The van der Waals surface area contributed by atoms with Gasteiger partial charge >= 0.3 is 0 Å². The van der Waals surface area contributed by atoms with Crippen LogP contribution in [0.1, 0.15) is 34.6 Å². The lowest BCUT2D eigenvalue weighted by Crippen LogP contribution is -2.36. The number of benzene rings is 2. The SMILES string of the molecule is COc1ccccc1Cn1c(=O)c(C(=O)NC(C)c2ccc(F)cc2)nc2cccnc21. The zero-order valence-corrected chi connectivity index (χ0v) is 17.6. The topological polar surface area (TPSA) is 86.1 Å². The molecule has 2 heterocycles. The summed E-state index contributed by atoms with van der Waals surface area (Å²) < 4.78 is 20.0. The number of nitrogens with one attached hydrogen (secondary N) is 1. The van der Waals surface area contributed by atoms with Crippen LogP contribution in [-0.2, 0) is 6.54 Å². The van der Waals surface area contributed by atoms with Crippen molar-refractivity contribution < 1.29 is 13.9 Å². The van der Waals surface area contributed by atoms with Crippen LogP contribution in [0.3, 0.4) is 0 Å². The van der Waals surface area contributed by atoms with Gasteiger partial charge in [0.2, 0.25) is 0 Å². The van der Waals surface area contributed by atoms with E-state index in [1.165, 1.54) is 16.7 Å². The summed E-state index contributed by atoms with van der Waals surface area (Å²) in [4.78, 5) is 34.9. The average molecular weight is 432 g/mol. The van der Waals surface area contributed by atoms with E-state index < -0.39 is 17.5 Å². The fourth-order valence-corrected chi connectivity index (χ4v) is 3.47. The molecule has 1 atom stereocenters. The highest BCUT2D eigenvalue weighted by Crippen LogP contribution is 2.20. The van der Waals surface area contributed by atoms with Crippen LogP contribution in [0.2, 0.25) is 0 Å². The minimum Gasteiger partial charge on any atom is -0.496 e. The summed E-state index contributed by atoms with van der Waals surface area (Å²) in [5.74, 6) is -0.363. The Morgan fingerprint density at radius 3 is 2.62 bits per heavy atom. The second-order valence-electron chi connectivity index (χ2n) is 7.26. The highest BCUT2D eigenvalue weighted by Gasteiger charge is 2.21. The number of amides is 1. The summed E-state index contributed by atoms with van der Waals surface area (Å²) in [6.45, 7) is 1.91. The maximum absolute atomic E-state index is 13.3. The molecule has 1 N–H and O–H groups in total. The molecule has 0 bridgehead atoms. The number of para-hydroxylation sites is 1. The molecule has 0 saturated heterocycles. The van der Waals surface area contributed by atoms with Gasteiger partial charge in [0.1, 0.15) is 17.1 Å². The number of hydrogen-bond donors (Lipinski definition) is 1. The summed E-state index contributed by atoms with van der Waals surface area (Å²) >= 11 is 0. The molecular formula is C24H21FN4O3. The van der Waals surface area contributed by atoms with Crippen LogP contribution in [-0.4, -0.2) is 27.6 Å². The van der Waals surface area contributed by atoms with Gasteiger partial charge in [0.05, 0.1) is 19.7 Å². The summed E-state index contributed by atoms with van der Waals surface area (Å²) in [6.07, 6.45) is 1.57. The number of ether oxygens (including phenoxy) is 1. The number of carbonyl (C=O) groups is 1. The van der Waals surface area contributed by atoms with E-state index in [1.807, 2.05) is 18.2 Å². The Morgan fingerprint density at radius 2 is 1.88 bits per heavy atom. The van der Waals surface area contributed by atoms with Crippen LogP contribution in [0.5, 0.6) is 5.75 Å². The van der Waals surface area contributed by atoms with Gasteiger partial charge in [-0.15, -0.1) is 0 Å². The molecule has 0 aliphatic carbocycles. The molecule has 4 aromatic rings. The molecule has 0 fully saturated rings. The second-order valence-corrected chi connectivity index (χ2v) is 7.26. The van der Waals surface area contributed by atoms with E-state index in [4.69, 9.17) is 4.74 Å². The van der Waals surface area contributed by atoms with Crippen molar-refractivity contribution in [3.63, 3.8) is 0 Å². The van der Waals surface area contributed by atoms with Crippen molar-refractivity contribution >= 4 is 17.1 Å². The lowest BCUT2D eigenvalue weighted by atomic mass is 10.1. The van der Waals surface area contributed by atoms with E-state index in [9.17, 15) is 14.0 Å². The van der Waals surface area contributed by atoms with E-state index in [1.54, 1.807) is 50.6 Å². The molecule has 0 radical (unpaired) electrons. The Labute approximate surface area is 183 Å². The van der Waals surface area contributed by atoms with E-state index >= 15 is 0 Å². The van der Waals surface area contributed by atoms with E-state index in [0.717, 1.165) is 5.56 Å². The van der Waals surface area contributed by atoms with Crippen LogP contribution in [0.25, 0.3) is 11.2 Å². The van der Waals surface area contributed by atoms with Gasteiger partial charge in [-0.3, -0.25) is 14.2 Å². The quantitative estimate of drug-likeness (QED) is 0.504. The standard InChI is InChI=1S/C24H21FN4O3/c1-15(16-9-11-18(25)12-10-16)27-23(30)21-24(31)29(22-19(28-21)7-5-13-26-22)14-17-6-3-4-8-20(17)32-2/h3-13,15H,14H2,1-2H3,(H,27,30). The normalized spacial score (nSPS) is 11.8. The molecule has 1 unspecified atom stereocenters. The third-order valence-electron chi connectivity index (χ3n) is 5.16. The molecule has 2 aromatic carbocycles. The van der Waals surface area contributed by atoms with Crippen LogP contribution in [0.15, 0.2) is 71.7 Å². The zero-order valence-electron chi connectivity index (χ0n) is 17.6. The predicted octanol–water partition coefficient (Wildman–Crippen LogP) is 3.48. The number of carbonyl (C=O) groups excluding carboxylic acids is 1. The number of pyridine rings is 1. The number of halogens is 1. The van der Waals surface area contributed by atoms with Gasteiger partial charge < -0.3 is 10.1 Å². The molecule has 0 aliphatic rings. The van der Waals surface area contributed by atoms with Crippen LogP contribution in [0, 0.1) is 5.82 Å². The lowest BCUT2D eigenvalue weighted by Gasteiger charge is -2.16. The molecule has 0 saturated carbocycles. The van der Waals surface area contributed by atoms with Gasteiger partial charge in [-0.25, -0.2) is 14.4 Å². The highest BCUT2D eigenvalue weighted by atomic mass is 19.1. The van der Waals surface area contributed by atoms with Gasteiger partial charge in [-0.1, -0.05) is 30.3 Å². The van der Waals surface area contributed by atoms with Gasteiger partial charge in [0, 0.05) is 11.8 Å². The maximum Gasteiger partial charge on any atom is 0.284 e. The zero-order chi connectivity index (χ0) is 22.7. The third kappa shape index (κ3) is 4.20. The molecule has 4 rings (SSSR count). The fraction of sp³-hybridized carbons (Fsp3) is 0.167. The molecule has 0 spiro atoms. The number of methoxy groups -OCH3 is 1. The molecule has 8 heteroatoms. The summed E-state index contributed by atoms with van der Waals surface area (Å²) in [5.41, 5.74) is 1.45. The summed E-state index contributed by atoms with van der Waals surface area (Å²) in [5, 5.41) is 2.77. The number of fused-ring (bicyclic) bond motifs is 1. The third-order valence-corrected chi connectivity index (χ3v) is 5.16. The predicted molar refractivity (Wildman–Crippen MR) is 118 cm³/mol. The van der Waals surface area contributed by atoms with Crippen molar-refractivity contribution in [2.24, 2.45) is 0 Å². The van der Waals surface area contributed by atoms with Gasteiger partial charge in [-0.2, -0.15) is 0 Å². The molecular weight excluding hydrogens is 411 g/mol. The van der Waals surface area contributed by atoms with Gasteiger partial charge in [0.25, 0.3) is 11.5 Å². The first-order valence-electron chi connectivity index (χ1n) is 10.0. The molecule has 1 amide bonds. The first-order valence-corrected chi connectivity index (χ1v) is 10.0. The highest BCUT2D eigenvalue weighted by molar-refractivity contribution is 5.93. The molecule has 2 aromatic heterocycles. The van der Waals surface area contributed by atoms with E-state index in [2.05, 4.69) is 15.3 Å². The van der Waals surface area contributed by atoms with Crippen LogP contribution in [0.4, 0.5) is 4.39 Å². The summed E-state index contributed by atoms with van der Waals surface area (Å²) in [6, 6.07) is 16.1. The number of rotatable bonds is 6. The Bertz CT molecular complexity index is 1340. The van der Waals surface area contributed by atoms with Gasteiger partial charge in [0.15, 0.2) is 11.3 Å². The number of aromatic nitrogens is 3. The fourth-order valence-electron chi connectivity index (χ4n) is 3.47. The summed E-state index contributed by atoms with van der Waals surface area (Å²) in [7, 11) is 1.56. The minimum absolute atomic E-state index is 0.159. The van der Waals surface area contributed by atoms with Gasteiger partial charge in [-0.05, 0) is 42.8 Å². The second kappa shape index (κ2) is 8.97. The minimum atomic E-state index is -0.619. The average Bonchev–Trinajstić information content (AvgIpc) is 2.81. The van der Waals surface area contributed by atoms with Crippen molar-refractivity contribution in [3.05, 3.63) is 99.9 Å². The first-order chi connectivity index (χ1) is 15.5. The van der Waals surface area contributed by atoms with Crippen molar-refractivity contribution in [3.8, 4) is 5.75 Å². The largest absolute Gasteiger partial charge is 0.496 e. The number of hydrogen-bond acceptors (Lipinski definition) is 5. The molecule has 162 valence electrons. The Kier molecular flexibility index (Phi) is 5.93. The van der Waals surface area contributed by atoms with Crippen LogP contribution >= 0.6 is 0 Å². The van der Waals surface area contributed by atoms with Crippen molar-refractivity contribution in [1.82, 2.24) is 19.9 Å². The Balaban J connectivity index is 1.74. The molecule has 0 aliphatic heterocycles. The first kappa shape index (κ1) is 21.2.